The van der Waals surface area contributed by atoms with Gasteiger partial charge in [0.2, 0.25) is 11.8 Å². The van der Waals surface area contributed by atoms with Gasteiger partial charge in [-0.05, 0) is 43.3 Å². The van der Waals surface area contributed by atoms with Crippen molar-refractivity contribution in [2.75, 3.05) is 13.0 Å². The van der Waals surface area contributed by atoms with E-state index in [1.807, 2.05) is 31.2 Å². The van der Waals surface area contributed by atoms with Crippen LogP contribution in [0, 0.1) is 6.92 Å². The van der Waals surface area contributed by atoms with Crippen LogP contribution in [0.15, 0.2) is 82.3 Å². The maximum Gasteiger partial charge on any atom is 0.356 e. The van der Waals surface area contributed by atoms with Gasteiger partial charge in [-0.15, -0.1) is 0 Å². The first-order chi connectivity index (χ1) is 20.2. The molecule has 2 aromatic carbocycles. The van der Waals surface area contributed by atoms with Crippen LogP contribution in [0.25, 0.3) is 21.8 Å². The highest BCUT2D eigenvalue weighted by Gasteiger charge is 2.40. The van der Waals surface area contributed by atoms with Crippen molar-refractivity contribution in [3.63, 3.8) is 0 Å². The van der Waals surface area contributed by atoms with Gasteiger partial charge in [-0.2, -0.15) is 0 Å². The number of methoxy groups -OCH3 is 1. The van der Waals surface area contributed by atoms with Crippen molar-refractivity contribution in [3.8, 4) is 0 Å². The second-order valence-electron chi connectivity index (χ2n) is 10.0. The minimum Gasteiger partial charge on any atom is -0.467 e. The second-order valence-corrected chi connectivity index (χ2v) is 12.0. The maximum absolute atomic E-state index is 14.0. The molecule has 0 saturated heterocycles. The van der Waals surface area contributed by atoms with Crippen LogP contribution in [0.5, 0.6) is 0 Å². The van der Waals surface area contributed by atoms with Gasteiger partial charge in [0.15, 0.2) is 15.9 Å². The number of benzene rings is 2. The fraction of sp³-hybridized carbons (Fsp3) is 0.200. The topological polar surface area (TPSA) is 141 Å². The van der Waals surface area contributed by atoms with Crippen LogP contribution >= 0.6 is 0 Å². The Labute approximate surface area is 240 Å². The van der Waals surface area contributed by atoms with Gasteiger partial charge in [-0.3, -0.25) is 9.59 Å². The molecule has 0 spiro atoms. The molecule has 2 amide bonds. The van der Waals surface area contributed by atoms with Gasteiger partial charge in [-0.25, -0.2) is 18.2 Å². The van der Waals surface area contributed by atoms with E-state index >= 15 is 0 Å². The number of amides is 2. The lowest BCUT2D eigenvalue weighted by molar-refractivity contribution is -0.141. The fourth-order valence-corrected chi connectivity index (χ4v) is 6.34. The van der Waals surface area contributed by atoms with Crippen LogP contribution < -0.4 is 5.32 Å². The molecule has 4 heterocycles. The van der Waals surface area contributed by atoms with Gasteiger partial charge < -0.3 is 23.9 Å². The summed E-state index contributed by atoms with van der Waals surface area (Å²) in [5.41, 5.74) is 2.15. The van der Waals surface area contributed by atoms with Gasteiger partial charge in [0.1, 0.15) is 23.9 Å². The molecule has 12 heteroatoms. The molecule has 1 atom stereocenters. The lowest BCUT2D eigenvalue weighted by Gasteiger charge is -2.28. The van der Waals surface area contributed by atoms with Gasteiger partial charge in [0.05, 0.1) is 36.0 Å². The number of pyridine rings is 1. The van der Waals surface area contributed by atoms with Crippen LogP contribution in [0.1, 0.15) is 33.5 Å². The summed E-state index contributed by atoms with van der Waals surface area (Å²) in [5.74, 6) is -2.23. The molecular weight excluding hydrogens is 560 g/mol. The molecule has 3 aromatic heterocycles. The number of carbonyl (C=O) groups is 3. The van der Waals surface area contributed by atoms with Crippen LogP contribution in [0.2, 0.25) is 0 Å². The van der Waals surface area contributed by atoms with E-state index in [9.17, 15) is 22.8 Å². The standard InChI is InChI=1S/C30H26N4O7S/c1-18-9-11-20(12-10-18)42(38,39)17-31-29(36)28-26-27-22(14-23(32-26)30(37)40-2)21-7-3-4-8-24(21)33(27)16-25(35)34(28)15-19-6-5-13-41-19/h3-14,28H,15-17H2,1-2H3,(H,31,36). The normalized spacial score (nSPS) is 15.1. The smallest absolute Gasteiger partial charge is 0.356 e. The van der Waals surface area contributed by atoms with E-state index in [0.717, 1.165) is 10.9 Å². The van der Waals surface area contributed by atoms with Crippen molar-refractivity contribution in [1.29, 1.82) is 0 Å². The van der Waals surface area contributed by atoms with Crippen molar-refractivity contribution in [3.05, 3.63) is 95.7 Å². The number of aryl methyl sites for hydroxylation is 1. The summed E-state index contributed by atoms with van der Waals surface area (Å²) in [5, 5.41) is 3.88. The third kappa shape index (κ3) is 4.69. The Morgan fingerprint density at radius 1 is 1.07 bits per heavy atom. The Morgan fingerprint density at radius 2 is 1.83 bits per heavy atom. The molecular formula is C30H26N4O7S. The first-order valence-corrected chi connectivity index (χ1v) is 14.7. The number of furan rings is 1. The van der Waals surface area contributed by atoms with Crippen molar-refractivity contribution in [2.24, 2.45) is 0 Å². The highest BCUT2D eigenvalue weighted by atomic mass is 32.2. The molecule has 42 heavy (non-hydrogen) atoms. The van der Waals surface area contributed by atoms with E-state index in [0.29, 0.717) is 22.2 Å². The molecule has 1 N–H and O–H groups in total. The van der Waals surface area contributed by atoms with E-state index in [1.165, 1.54) is 30.4 Å². The van der Waals surface area contributed by atoms with Crippen molar-refractivity contribution in [2.45, 2.75) is 31.0 Å². The first kappa shape index (κ1) is 27.2. The molecule has 0 fully saturated rings. The van der Waals surface area contributed by atoms with Crippen molar-refractivity contribution in [1.82, 2.24) is 19.8 Å². The summed E-state index contributed by atoms with van der Waals surface area (Å²) in [7, 11) is -2.69. The highest BCUT2D eigenvalue weighted by Crippen LogP contribution is 2.38. The number of sulfone groups is 1. The van der Waals surface area contributed by atoms with Crippen molar-refractivity contribution >= 4 is 49.4 Å². The average Bonchev–Trinajstić information content (AvgIpc) is 3.59. The Bertz CT molecular complexity index is 1960. The van der Waals surface area contributed by atoms with Gasteiger partial charge >= 0.3 is 5.97 Å². The number of aromatic nitrogens is 2. The number of nitrogens with one attached hydrogen (secondary N) is 1. The fourth-order valence-electron chi connectivity index (χ4n) is 5.29. The van der Waals surface area contributed by atoms with Gasteiger partial charge in [0, 0.05) is 16.3 Å². The van der Waals surface area contributed by atoms with E-state index in [4.69, 9.17) is 9.15 Å². The third-order valence-corrected chi connectivity index (χ3v) is 8.84. The SMILES string of the molecule is COC(=O)c1cc2c3ccccc3n3c2c(n1)C(C(=O)NCS(=O)(=O)c1ccc(C)cc1)N(Cc1ccco1)C(=O)C3. The predicted octanol–water partition coefficient (Wildman–Crippen LogP) is 3.51. The maximum atomic E-state index is 14.0. The quantitative estimate of drug-likeness (QED) is 0.286. The van der Waals surface area contributed by atoms with Crippen LogP contribution in [0.4, 0.5) is 0 Å². The number of para-hydroxylation sites is 1. The first-order valence-electron chi connectivity index (χ1n) is 13.1. The number of carbonyl (C=O) groups excluding carboxylic acids is 3. The lowest BCUT2D eigenvalue weighted by Crippen LogP contribution is -2.44. The third-order valence-electron chi connectivity index (χ3n) is 7.32. The lowest BCUT2D eigenvalue weighted by atomic mass is 10.1. The van der Waals surface area contributed by atoms with E-state index in [-0.39, 0.29) is 29.4 Å². The number of hydrogen-bond acceptors (Lipinski definition) is 8. The minimum absolute atomic E-state index is 0.0473. The summed E-state index contributed by atoms with van der Waals surface area (Å²) < 4.78 is 38.4. The number of nitrogens with zero attached hydrogens (tertiary/aromatic N) is 3. The Kier molecular flexibility index (Phi) is 6.77. The highest BCUT2D eigenvalue weighted by molar-refractivity contribution is 7.91. The zero-order valence-electron chi connectivity index (χ0n) is 22.7. The van der Waals surface area contributed by atoms with E-state index in [2.05, 4.69) is 10.3 Å². The molecule has 0 aliphatic carbocycles. The van der Waals surface area contributed by atoms with Crippen LogP contribution in [-0.2, 0) is 37.3 Å². The summed E-state index contributed by atoms with van der Waals surface area (Å²) >= 11 is 0. The number of fused-ring (bicyclic) bond motifs is 3. The molecule has 11 nitrogen and oxygen atoms in total. The van der Waals surface area contributed by atoms with Gasteiger partial charge in [-0.1, -0.05) is 35.9 Å². The Morgan fingerprint density at radius 3 is 2.55 bits per heavy atom. The molecule has 214 valence electrons. The summed E-state index contributed by atoms with van der Waals surface area (Å²) in [6.07, 6.45) is 1.45. The summed E-state index contributed by atoms with van der Waals surface area (Å²) in [6, 6.07) is 17.1. The molecule has 1 aliphatic rings. The molecule has 1 aliphatic heterocycles. The minimum atomic E-state index is -3.91. The largest absolute Gasteiger partial charge is 0.467 e. The van der Waals surface area contributed by atoms with Gasteiger partial charge in [0.25, 0.3) is 0 Å². The average molecular weight is 587 g/mol. The zero-order chi connectivity index (χ0) is 29.6. The molecule has 6 rings (SSSR count). The molecule has 5 aromatic rings. The number of ether oxygens (including phenoxy) is 1. The molecule has 0 saturated carbocycles. The Balaban J connectivity index is 1.51. The predicted molar refractivity (Wildman–Crippen MR) is 152 cm³/mol. The monoisotopic (exact) mass is 586 g/mol. The second kappa shape index (κ2) is 10.5. The van der Waals surface area contributed by atoms with Crippen molar-refractivity contribution < 1.29 is 32.0 Å². The number of rotatable bonds is 7. The molecule has 0 radical (unpaired) electrons. The zero-order valence-corrected chi connectivity index (χ0v) is 23.6. The number of hydrogen-bond donors (Lipinski definition) is 1. The van der Waals surface area contributed by atoms with Crippen LogP contribution in [-0.4, -0.2) is 53.6 Å². The summed E-state index contributed by atoms with van der Waals surface area (Å²) in [4.78, 5) is 46.5. The van der Waals surface area contributed by atoms with Crippen LogP contribution in [0.3, 0.4) is 0 Å². The Hall–Kier alpha value is -4.97. The molecule has 0 bridgehead atoms. The number of esters is 1. The van der Waals surface area contributed by atoms with E-state index < -0.39 is 39.5 Å². The van der Waals surface area contributed by atoms with E-state index in [1.54, 1.807) is 34.9 Å². The summed E-state index contributed by atoms with van der Waals surface area (Å²) in [6.45, 7) is 1.62. The molecule has 1 unspecified atom stereocenters.